The van der Waals surface area contributed by atoms with Crippen LogP contribution in [0, 0.1) is 6.92 Å². The number of aryl methyl sites for hydroxylation is 1. The summed E-state index contributed by atoms with van der Waals surface area (Å²) >= 11 is 0. The van der Waals surface area contributed by atoms with E-state index < -0.39 is 0 Å². The average molecular weight is 174 g/mol. The van der Waals surface area contributed by atoms with Crippen LogP contribution in [0.15, 0.2) is 24.4 Å². The van der Waals surface area contributed by atoms with E-state index in [4.69, 9.17) is 5.73 Å². The standard InChI is InChI=1S/C9H10N4/c1-6-2-3-7(5-11-6)8-4-9(10)13-12-8/h2-5H,1H3,(H3,10,12,13). The van der Waals surface area contributed by atoms with E-state index in [1.54, 1.807) is 12.3 Å². The zero-order valence-electron chi connectivity index (χ0n) is 7.28. The minimum atomic E-state index is 0.496. The number of hydrogen-bond acceptors (Lipinski definition) is 3. The van der Waals surface area contributed by atoms with Crippen LogP contribution in [-0.2, 0) is 0 Å². The van der Waals surface area contributed by atoms with Crippen LogP contribution < -0.4 is 5.73 Å². The number of nitrogens with two attached hydrogens (primary N) is 1. The molecule has 0 saturated heterocycles. The fourth-order valence-corrected chi connectivity index (χ4v) is 1.11. The zero-order valence-corrected chi connectivity index (χ0v) is 7.28. The molecule has 0 spiro atoms. The molecular formula is C9H10N4. The van der Waals surface area contributed by atoms with E-state index >= 15 is 0 Å². The monoisotopic (exact) mass is 174 g/mol. The second-order valence-corrected chi connectivity index (χ2v) is 2.89. The normalized spacial score (nSPS) is 10.2. The molecular weight excluding hydrogens is 164 g/mol. The molecule has 0 aliphatic heterocycles. The second kappa shape index (κ2) is 2.90. The third-order valence-corrected chi connectivity index (χ3v) is 1.82. The number of pyridine rings is 1. The quantitative estimate of drug-likeness (QED) is 0.686. The van der Waals surface area contributed by atoms with E-state index in [0.29, 0.717) is 5.82 Å². The maximum absolute atomic E-state index is 5.48. The number of rotatable bonds is 1. The fourth-order valence-electron chi connectivity index (χ4n) is 1.11. The first-order valence-corrected chi connectivity index (χ1v) is 3.99. The highest BCUT2D eigenvalue weighted by atomic mass is 15.2. The maximum Gasteiger partial charge on any atom is 0.145 e. The molecule has 0 aromatic carbocycles. The predicted octanol–water partition coefficient (Wildman–Crippen LogP) is 1.36. The lowest BCUT2D eigenvalue weighted by Gasteiger charge is -1.95. The number of nitrogen functional groups attached to an aromatic ring is 1. The number of nitrogens with zero attached hydrogens (tertiary/aromatic N) is 2. The van der Waals surface area contributed by atoms with Crippen molar-refractivity contribution in [3.63, 3.8) is 0 Å². The third-order valence-electron chi connectivity index (χ3n) is 1.82. The predicted molar refractivity (Wildman–Crippen MR) is 51.0 cm³/mol. The first-order chi connectivity index (χ1) is 6.25. The summed E-state index contributed by atoms with van der Waals surface area (Å²) in [4.78, 5) is 4.18. The number of aromatic nitrogens is 3. The van der Waals surface area contributed by atoms with Gasteiger partial charge in [-0.1, -0.05) is 0 Å². The molecule has 0 amide bonds. The minimum Gasteiger partial charge on any atom is -0.382 e. The van der Waals surface area contributed by atoms with Gasteiger partial charge in [-0.2, -0.15) is 5.10 Å². The van der Waals surface area contributed by atoms with Gasteiger partial charge >= 0.3 is 0 Å². The largest absolute Gasteiger partial charge is 0.382 e. The van der Waals surface area contributed by atoms with Crippen LogP contribution in [0.4, 0.5) is 5.82 Å². The van der Waals surface area contributed by atoms with Crippen molar-refractivity contribution in [2.24, 2.45) is 0 Å². The number of anilines is 1. The van der Waals surface area contributed by atoms with Crippen LogP contribution in [0.1, 0.15) is 5.69 Å². The van der Waals surface area contributed by atoms with Crippen molar-refractivity contribution in [1.29, 1.82) is 0 Å². The Labute approximate surface area is 75.8 Å². The van der Waals surface area contributed by atoms with Gasteiger partial charge in [-0.15, -0.1) is 0 Å². The van der Waals surface area contributed by atoms with Gasteiger partial charge < -0.3 is 5.73 Å². The summed E-state index contributed by atoms with van der Waals surface area (Å²) in [6.07, 6.45) is 1.79. The van der Waals surface area contributed by atoms with E-state index in [0.717, 1.165) is 17.0 Å². The summed E-state index contributed by atoms with van der Waals surface area (Å²) in [6.45, 7) is 1.95. The van der Waals surface area contributed by atoms with Crippen LogP contribution >= 0.6 is 0 Å². The number of nitrogens with one attached hydrogen (secondary N) is 1. The van der Waals surface area contributed by atoms with Gasteiger partial charge in [0.1, 0.15) is 5.82 Å². The van der Waals surface area contributed by atoms with Gasteiger partial charge in [-0.25, -0.2) is 0 Å². The summed E-state index contributed by atoms with van der Waals surface area (Å²) in [6, 6.07) is 5.72. The topological polar surface area (TPSA) is 67.6 Å². The van der Waals surface area contributed by atoms with Crippen LogP contribution in [-0.4, -0.2) is 15.2 Å². The molecule has 0 aliphatic carbocycles. The van der Waals surface area contributed by atoms with E-state index in [-0.39, 0.29) is 0 Å². The lowest BCUT2D eigenvalue weighted by molar-refractivity contribution is 1.10. The van der Waals surface area contributed by atoms with E-state index in [1.165, 1.54) is 0 Å². The molecule has 0 atom stereocenters. The lowest BCUT2D eigenvalue weighted by Crippen LogP contribution is -1.82. The van der Waals surface area contributed by atoms with Crippen LogP contribution in [0.5, 0.6) is 0 Å². The van der Waals surface area contributed by atoms with E-state index in [1.807, 2.05) is 19.1 Å². The molecule has 0 bridgehead atoms. The minimum absolute atomic E-state index is 0.496. The molecule has 0 radical (unpaired) electrons. The molecule has 0 unspecified atom stereocenters. The Morgan fingerprint density at radius 1 is 1.38 bits per heavy atom. The number of H-pyrrole nitrogens is 1. The van der Waals surface area contributed by atoms with Gasteiger partial charge in [-0.3, -0.25) is 10.1 Å². The van der Waals surface area contributed by atoms with Crippen molar-refractivity contribution in [2.75, 3.05) is 5.73 Å². The zero-order chi connectivity index (χ0) is 9.26. The second-order valence-electron chi connectivity index (χ2n) is 2.89. The van der Waals surface area contributed by atoms with Crippen LogP contribution in [0.25, 0.3) is 11.3 Å². The lowest BCUT2D eigenvalue weighted by atomic mass is 10.2. The third kappa shape index (κ3) is 1.51. The Hall–Kier alpha value is -1.84. The molecule has 13 heavy (non-hydrogen) atoms. The molecule has 66 valence electrons. The van der Waals surface area contributed by atoms with Gasteiger partial charge in [0.2, 0.25) is 0 Å². The van der Waals surface area contributed by atoms with E-state index in [2.05, 4.69) is 15.2 Å². The Balaban J connectivity index is 2.41. The van der Waals surface area contributed by atoms with Crippen molar-refractivity contribution < 1.29 is 0 Å². The molecule has 2 rings (SSSR count). The van der Waals surface area contributed by atoms with Gasteiger partial charge in [0.25, 0.3) is 0 Å². The number of aromatic amines is 1. The Morgan fingerprint density at radius 3 is 2.77 bits per heavy atom. The molecule has 0 fully saturated rings. The molecule has 3 N–H and O–H groups in total. The molecule has 2 aromatic heterocycles. The SMILES string of the molecule is Cc1ccc(-c2cc(N)n[nH]2)cn1. The van der Waals surface area contributed by atoms with Crippen molar-refractivity contribution in [3.8, 4) is 11.3 Å². The summed E-state index contributed by atoms with van der Waals surface area (Å²) < 4.78 is 0. The molecule has 2 aromatic rings. The first kappa shape index (κ1) is 7.79. The molecule has 4 heteroatoms. The van der Waals surface area contributed by atoms with Crippen molar-refractivity contribution >= 4 is 5.82 Å². The van der Waals surface area contributed by atoms with Gasteiger partial charge in [0, 0.05) is 23.5 Å². The Bertz CT molecular complexity index is 402. The van der Waals surface area contributed by atoms with E-state index in [9.17, 15) is 0 Å². The summed E-state index contributed by atoms with van der Waals surface area (Å²) in [5, 5.41) is 6.67. The maximum atomic E-state index is 5.48. The molecule has 0 saturated carbocycles. The average Bonchev–Trinajstić information content (AvgIpc) is 2.53. The summed E-state index contributed by atoms with van der Waals surface area (Å²) in [5.74, 6) is 0.496. The highest BCUT2D eigenvalue weighted by Gasteiger charge is 2.00. The van der Waals surface area contributed by atoms with Gasteiger partial charge in [-0.05, 0) is 19.1 Å². The Morgan fingerprint density at radius 2 is 2.23 bits per heavy atom. The summed E-state index contributed by atoms with van der Waals surface area (Å²) in [5.41, 5.74) is 8.37. The fraction of sp³-hybridized carbons (Fsp3) is 0.111. The first-order valence-electron chi connectivity index (χ1n) is 3.99. The summed E-state index contributed by atoms with van der Waals surface area (Å²) in [7, 11) is 0. The number of hydrogen-bond donors (Lipinski definition) is 2. The van der Waals surface area contributed by atoms with Crippen molar-refractivity contribution in [3.05, 3.63) is 30.1 Å². The van der Waals surface area contributed by atoms with Crippen molar-refractivity contribution in [1.82, 2.24) is 15.2 Å². The molecule has 4 nitrogen and oxygen atoms in total. The van der Waals surface area contributed by atoms with Crippen molar-refractivity contribution in [2.45, 2.75) is 6.92 Å². The highest BCUT2D eigenvalue weighted by molar-refractivity contribution is 5.60. The van der Waals surface area contributed by atoms with Crippen LogP contribution in [0.3, 0.4) is 0 Å². The van der Waals surface area contributed by atoms with Gasteiger partial charge in [0.05, 0.1) is 5.69 Å². The molecule has 0 aliphatic rings. The van der Waals surface area contributed by atoms with Crippen LogP contribution in [0.2, 0.25) is 0 Å². The smallest absolute Gasteiger partial charge is 0.145 e. The highest BCUT2D eigenvalue weighted by Crippen LogP contribution is 2.16. The molecule has 2 heterocycles. The Kier molecular flexibility index (Phi) is 1.73. The van der Waals surface area contributed by atoms with Gasteiger partial charge in [0.15, 0.2) is 0 Å².